The van der Waals surface area contributed by atoms with Crippen molar-refractivity contribution in [2.45, 2.75) is 103 Å². The third kappa shape index (κ3) is 7.49. The molecule has 0 heterocycles. The number of carbonyl (C=O) groups is 2. The number of ether oxygens (including phenoxy) is 2. The molecule has 0 aliphatic heterocycles. The minimum absolute atomic E-state index is 0.0421. The number of halogens is 1. The van der Waals surface area contributed by atoms with Gasteiger partial charge in [0.15, 0.2) is 11.5 Å². The Balaban J connectivity index is 1.46. The Bertz CT molecular complexity index is 1240. The van der Waals surface area contributed by atoms with Crippen molar-refractivity contribution in [3.8, 4) is 11.5 Å². The number of carbonyl (C=O) groups excluding carboxylic acids is 2. The Morgan fingerprint density at radius 3 is 2.53 bits per heavy atom. The monoisotopic (exact) mass is 738 g/mol. The van der Waals surface area contributed by atoms with Gasteiger partial charge in [0.25, 0.3) is 0 Å². The second kappa shape index (κ2) is 14.9. The number of nitrogens with one attached hydrogen (secondary N) is 1. The van der Waals surface area contributed by atoms with Crippen LogP contribution in [-0.4, -0.2) is 77.1 Å². The predicted octanol–water partition coefficient (Wildman–Crippen LogP) is 4.58. The minimum atomic E-state index is -1.08. The zero-order valence-electron chi connectivity index (χ0n) is 27.0. The average Bonchev–Trinajstić information content (AvgIpc) is 3.56. The van der Waals surface area contributed by atoms with Crippen molar-refractivity contribution in [1.82, 2.24) is 10.2 Å². The molecular weight excluding hydrogens is 687 g/mol. The number of nitrogens with zero attached hydrogens (tertiary/aromatic N) is 1. The molecule has 5 aliphatic carbocycles. The first-order valence-corrected chi connectivity index (χ1v) is 17.9. The highest BCUT2D eigenvalue weighted by Gasteiger charge is 2.55. The van der Waals surface area contributed by atoms with Crippen LogP contribution in [0.2, 0.25) is 0 Å². The summed E-state index contributed by atoms with van der Waals surface area (Å²) in [4.78, 5) is 29.4. The molecule has 10 heteroatoms. The molecule has 6 rings (SSSR count). The Hall–Kier alpha value is -1.89. The van der Waals surface area contributed by atoms with Gasteiger partial charge in [-0.25, -0.2) is 0 Å². The van der Waals surface area contributed by atoms with Crippen molar-refractivity contribution in [2.75, 3.05) is 26.8 Å². The molecular formula is C35H51IN2O7. The van der Waals surface area contributed by atoms with E-state index < -0.39 is 18.2 Å². The van der Waals surface area contributed by atoms with Gasteiger partial charge >= 0.3 is 0 Å². The van der Waals surface area contributed by atoms with Gasteiger partial charge in [-0.2, -0.15) is 0 Å². The topological polar surface area (TPSA) is 129 Å². The molecule has 5 aliphatic rings. The van der Waals surface area contributed by atoms with Gasteiger partial charge in [0.1, 0.15) is 12.2 Å². The van der Waals surface area contributed by atoms with E-state index in [0.29, 0.717) is 56.9 Å². The molecule has 4 N–H and O–H groups in total. The van der Waals surface area contributed by atoms with E-state index in [1.807, 2.05) is 4.90 Å². The Labute approximate surface area is 281 Å². The molecule has 0 aromatic heterocycles. The van der Waals surface area contributed by atoms with Crippen LogP contribution in [0, 0.1) is 32.7 Å². The fourth-order valence-electron chi connectivity index (χ4n) is 8.52. The van der Waals surface area contributed by atoms with Gasteiger partial charge in [0.2, 0.25) is 11.8 Å². The molecule has 2 amide bonds. The Kier molecular flexibility index (Phi) is 11.4. The summed E-state index contributed by atoms with van der Waals surface area (Å²) in [7, 11) is 1.52. The van der Waals surface area contributed by atoms with Crippen LogP contribution in [0.4, 0.5) is 0 Å². The summed E-state index contributed by atoms with van der Waals surface area (Å²) in [5.41, 5.74) is 1.34. The summed E-state index contributed by atoms with van der Waals surface area (Å²) in [5.74, 6) is 2.70. The van der Waals surface area contributed by atoms with Gasteiger partial charge in [-0.05, 0) is 101 Å². The van der Waals surface area contributed by atoms with Crippen molar-refractivity contribution in [3.05, 3.63) is 32.9 Å². The van der Waals surface area contributed by atoms with E-state index in [1.54, 1.807) is 18.2 Å². The van der Waals surface area contributed by atoms with Gasteiger partial charge in [-0.1, -0.05) is 39.5 Å². The molecule has 250 valence electrons. The van der Waals surface area contributed by atoms with E-state index in [2.05, 4.69) is 41.8 Å². The second-order valence-electron chi connectivity index (χ2n) is 14.2. The molecule has 4 fully saturated rings. The van der Waals surface area contributed by atoms with Crippen LogP contribution >= 0.6 is 22.6 Å². The van der Waals surface area contributed by atoms with Crippen LogP contribution in [0.15, 0.2) is 23.8 Å². The molecule has 45 heavy (non-hydrogen) atoms. The maximum atomic E-state index is 14.2. The molecule has 0 spiro atoms. The fraction of sp³-hybridized carbons (Fsp3) is 0.714. The number of fused-ring (bicyclic) bond motifs is 2. The number of methoxy groups -OCH3 is 1. The maximum absolute atomic E-state index is 14.2. The maximum Gasteiger partial charge on any atom is 0.247 e. The summed E-state index contributed by atoms with van der Waals surface area (Å²) in [6, 6.07) is 2.84. The minimum Gasteiger partial charge on any atom is -0.493 e. The number of rotatable bonds is 13. The fourth-order valence-corrected chi connectivity index (χ4v) is 9.31. The van der Waals surface area contributed by atoms with Gasteiger partial charge in [-0.15, -0.1) is 0 Å². The van der Waals surface area contributed by atoms with E-state index >= 15 is 0 Å². The van der Waals surface area contributed by atoms with Gasteiger partial charge in [0, 0.05) is 31.5 Å². The second-order valence-corrected chi connectivity index (χ2v) is 15.4. The van der Waals surface area contributed by atoms with Crippen molar-refractivity contribution in [2.24, 2.45) is 29.1 Å². The smallest absolute Gasteiger partial charge is 0.247 e. The van der Waals surface area contributed by atoms with Crippen LogP contribution in [0.1, 0.15) is 83.6 Å². The molecule has 4 saturated carbocycles. The zero-order valence-corrected chi connectivity index (χ0v) is 29.1. The van der Waals surface area contributed by atoms with E-state index in [9.17, 15) is 24.9 Å². The van der Waals surface area contributed by atoms with Crippen LogP contribution in [0.3, 0.4) is 0 Å². The molecule has 6 atom stereocenters. The molecule has 1 aromatic carbocycles. The first-order chi connectivity index (χ1) is 21.6. The first-order valence-electron chi connectivity index (χ1n) is 16.8. The molecule has 0 saturated heterocycles. The molecule has 6 unspecified atom stereocenters. The molecule has 9 nitrogen and oxygen atoms in total. The highest BCUT2D eigenvalue weighted by atomic mass is 127. The average molecular weight is 739 g/mol. The van der Waals surface area contributed by atoms with E-state index in [-0.39, 0.29) is 43.4 Å². The largest absolute Gasteiger partial charge is 0.493 e. The third-order valence-corrected chi connectivity index (χ3v) is 12.1. The zero-order chi connectivity index (χ0) is 32.3. The van der Waals surface area contributed by atoms with Crippen LogP contribution in [0.5, 0.6) is 11.5 Å². The summed E-state index contributed by atoms with van der Waals surface area (Å²) in [5, 5.41) is 33.8. The number of benzene rings is 1. The van der Waals surface area contributed by atoms with E-state index in [1.165, 1.54) is 39.2 Å². The highest BCUT2D eigenvalue weighted by molar-refractivity contribution is 14.1. The summed E-state index contributed by atoms with van der Waals surface area (Å²) in [6.45, 7) is 5.03. The highest BCUT2D eigenvalue weighted by Crippen LogP contribution is 2.61. The number of aliphatic hydroxyl groups excluding tert-OH is 3. The van der Waals surface area contributed by atoms with E-state index in [0.717, 1.165) is 25.2 Å². The van der Waals surface area contributed by atoms with Gasteiger partial charge < -0.3 is 35.0 Å². The quantitative estimate of drug-likeness (QED) is 0.218. The number of aliphatic hydroxyl groups is 3. The van der Waals surface area contributed by atoms with Crippen molar-refractivity contribution in [1.29, 1.82) is 0 Å². The summed E-state index contributed by atoms with van der Waals surface area (Å²) >= 11 is 2.11. The number of hydrogen-bond acceptors (Lipinski definition) is 7. The SMILES string of the molecule is COc1cc(CO)cc(I)c1OC1C=C(C(=O)NCCO)CC(N(CC2CCC3CC2C3(C)C)C(=O)CCC2CCCC2)C1O. The number of hydrogen-bond donors (Lipinski definition) is 4. The Morgan fingerprint density at radius 1 is 1.13 bits per heavy atom. The van der Waals surface area contributed by atoms with Gasteiger partial charge in [-0.3, -0.25) is 9.59 Å². The standard InChI is InChI=1S/C35H51IN2O7/c1-35(2)25-10-9-23(26(35)18-25)19-38(31(41)11-8-21-6-4-5-7-21)28-16-24(34(43)37-12-13-39)17-29(32(28)42)45-33-27(36)14-22(20-40)15-30(33)44-3/h14-15,17,21,23,25-26,28-29,32,39-40,42H,4-13,16,18-20H2,1-3H3,(H,37,43). The van der Waals surface area contributed by atoms with Crippen molar-refractivity contribution < 1.29 is 34.4 Å². The normalized spacial score (nSPS) is 29.0. The van der Waals surface area contributed by atoms with Crippen molar-refractivity contribution in [3.63, 3.8) is 0 Å². The van der Waals surface area contributed by atoms with E-state index in [4.69, 9.17) is 9.47 Å². The third-order valence-electron chi connectivity index (χ3n) is 11.3. The molecule has 0 radical (unpaired) electrons. The molecule has 2 bridgehead atoms. The molecule has 1 aromatic rings. The van der Waals surface area contributed by atoms with Crippen LogP contribution < -0.4 is 14.8 Å². The number of amides is 2. The lowest BCUT2D eigenvalue weighted by atomic mass is 9.45. The lowest BCUT2D eigenvalue weighted by Gasteiger charge is -2.61. The summed E-state index contributed by atoms with van der Waals surface area (Å²) < 4.78 is 12.7. The first kappa shape index (κ1) is 34.4. The van der Waals surface area contributed by atoms with Gasteiger partial charge in [0.05, 0.1) is 29.9 Å². The predicted molar refractivity (Wildman–Crippen MR) is 180 cm³/mol. The van der Waals surface area contributed by atoms with Crippen LogP contribution in [0.25, 0.3) is 0 Å². The van der Waals surface area contributed by atoms with Crippen molar-refractivity contribution >= 4 is 34.4 Å². The summed E-state index contributed by atoms with van der Waals surface area (Å²) in [6.07, 6.45) is 9.33. The lowest BCUT2D eigenvalue weighted by Crippen LogP contribution is -2.59. The Morgan fingerprint density at radius 2 is 1.89 bits per heavy atom. The van der Waals surface area contributed by atoms with Crippen LogP contribution in [-0.2, 0) is 16.2 Å². The lowest BCUT2D eigenvalue weighted by molar-refractivity contribution is -0.148.